The van der Waals surface area contributed by atoms with Gasteiger partial charge in [-0.05, 0) is 23.8 Å². The molecule has 12 heteroatoms. The molecule has 2 fully saturated rings. The molecule has 0 aliphatic carbocycles. The Morgan fingerprint density at radius 3 is 2.47 bits per heavy atom. The lowest BCUT2D eigenvalue weighted by Crippen LogP contribution is -2.65. The fraction of sp³-hybridized carbons (Fsp3) is 0.318. The van der Waals surface area contributed by atoms with Crippen LogP contribution in [-0.2, 0) is 27.8 Å². The molecular weight excluding hydrogens is 489 g/mol. The number of ether oxygens (including phenoxy) is 1. The molecule has 34 heavy (non-hydrogen) atoms. The third kappa shape index (κ3) is 4.50. The van der Waals surface area contributed by atoms with Gasteiger partial charge in [-0.25, -0.2) is 26.6 Å². The molecule has 2 aliphatic heterocycles. The second kappa shape index (κ2) is 8.84. The maximum absolute atomic E-state index is 14.6. The highest BCUT2D eigenvalue weighted by Crippen LogP contribution is 2.38. The summed E-state index contributed by atoms with van der Waals surface area (Å²) in [7, 11) is -4.52. The third-order valence-corrected chi connectivity index (χ3v) is 7.94. The Kier molecular flexibility index (Phi) is 6.00. The molecule has 0 unspecified atom stereocenters. The Bertz CT molecular complexity index is 1280. The van der Waals surface area contributed by atoms with Gasteiger partial charge in [-0.2, -0.15) is 0 Å². The molecule has 2 aliphatic rings. The zero-order valence-electron chi connectivity index (χ0n) is 17.9. The lowest BCUT2D eigenvalue weighted by molar-refractivity contribution is -0.191. The van der Waals surface area contributed by atoms with E-state index in [0.717, 1.165) is 55.3 Å². The first-order chi connectivity index (χ1) is 16.2. The zero-order valence-corrected chi connectivity index (χ0v) is 19.5. The van der Waals surface area contributed by atoms with Gasteiger partial charge in [-0.1, -0.05) is 12.1 Å². The summed E-state index contributed by atoms with van der Waals surface area (Å²) in [5, 5.41) is 4.21. The number of hydrogen-bond acceptors (Lipinski definition) is 7. The second-order valence-corrected chi connectivity index (χ2v) is 11.0. The van der Waals surface area contributed by atoms with Gasteiger partial charge in [-0.3, -0.25) is 9.62 Å². The van der Waals surface area contributed by atoms with Crippen molar-refractivity contribution in [2.24, 2.45) is 5.41 Å². The third-order valence-electron chi connectivity index (χ3n) is 5.95. The van der Waals surface area contributed by atoms with Gasteiger partial charge in [0.05, 0.1) is 18.7 Å². The van der Waals surface area contributed by atoms with Crippen molar-refractivity contribution in [3.05, 3.63) is 69.8 Å². The molecule has 1 aromatic heterocycles. The normalized spacial score (nSPS) is 17.3. The van der Waals surface area contributed by atoms with Gasteiger partial charge >= 0.3 is 0 Å². The predicted octanol–water partition coefficient (Wildman–Crippen LogP) is 3.81. The van der Waals surface area contributed by atoms with Crippen LogP contribution in [0.25, 0.3) is 0 Å². The zero-order chi connectivity index (χ0) is 23.9. The number of halogens is 3. The van der Waals surface area contributed by atoms with Crippen LogP contribution < -0.4 is 10.0 Å². The van der Waals surface area contributed by atoms with E-state index >= 15 is 0 Å². The molecule has 0 amide bonds. The Balaban J connectivity index is 1.30. The summed E-state index contributed by atoms with van der Waals surface area (Å²) in [4.78, 5) is 4.85. The first kappa shape index (κ1) is 23.1. The van der Waals surface area contributed by atoms with Crippen molar-refractivity contribution in [2.75, 3.05) is 36.3 Å². The van der Waals surface area contributed by atoms with Gasteiger partial charge < -0.3 is 10.1 Å². The van der Waals surface area contributed by atoms with Crippen molar-refractivity contribution in [2.45, 2.75) is 18.0 Å². The lowest BCUT2D eigenvalue weighted by atomic mass is 9.78. The van der Waals surface area contributed by atoms with Crippen LogP contribution in [-0.4, -0.2) is 44.6 Å². The van der Waals surface area contributed by atoms with E-state index in [9.17, 15) is 21.6 Å². The minimum atomic E-state index is -4.52. The molecule has 2 saturated heterocycles. The SMILES string of the molecule is O=S(=O)(Nc1cscn1)c1c(F)cc(NCc2c(F)cccc2CN2CC3(COC3)C2)cc1F. The highest BCUT2D eigenvalue weighted by molar-refractivity contribution is 7.92. The number of likely N-dealkylation sites (tertiary alicyclic amines) is 1. The van der Waals surface area contributed by atoms with E-state index < -0.39 is 32.4 Å². The number of benzene rings is 2. The Morgan fingerprint density at radius 2 is 1.85 bits per heavy atom. The molecule has 3 heterocycles. The largest absolute Gasteiger partial charge is 0.381 e. The molecule has 0 bridgehead atoms. The molecule has 7 nitrogen and oxygen atoms in total. The van der Waals surface area contributed by atoms with Crippen LogP contribution in [0.1, 0.15) is 11.1 Å². The van der Waals surface area contributed by atoms with Gasteiger partial charge in [0.2, 0.25) is 0 Å². The van der Waals surface area contributed by atoms with Crippen LogP contribution in [0.2, 0.25) is 0 Å². The fourth-order valence-corrected chi connectivity index (χ4v) is 6.02. The standard InChI is InChI=1S/C22H21F3N4O3S2/c23-17-3-1-2-14(7-29-9-22(10-29)11-32-12-22)16(17)6-26-15-4-18(24)21(19(25)5-15)34(30,31)28-20-8-33-13-27-20/h1-5,8,13,26,28H,6-7,9-12H2. The Morgan fingerprint density at radius 1 is 1.12 bits per heavy atom. The van der Waals surface area contributed by atoms with Crippen LogP contribution >= 0.6 is 11.3 Å². The number of rotatable bonds is 8. The summed E-state index contributed by atoms with van der Waals surface area (Å²) in [6.45, 7) is 3.81. The van der Waals surface area contributed by atoms with Crippen molar-refractivity contribution < 1.29 is 26.3 Å². The van der Waals surface area contributed by atoms with Gasteiger partial charge in [0, 0.05) is 48.2 Å². The summed E-state index contributed by atoms with van der Waals surface area (Å²) in [5.74, 6) is -3.00. The fourth-order valence-electron chi connectivity index (χ4n) is 4.34. The van der Waals surface area contributed by atoms with Crippen LogP contribution in [0.15, 0.2) is 46.1 Å². The number of anilines is 2. The molecule has 2 N–H and O–H groups in total. The van der Waals surface area contributed by atoms with Crippen LogP contribution in [0.4, 0.5) is 24.7 Å². The number of aromatic nitrogens is 1. The van der Waals surface area contributed by atoms with Crippen molar-refractivity contribution in [3.8, 4) is 0 Å². The van der Waals surface area contributed by atoms with E-state index in [1.165, 1.54) is 17.0 Å². The molecule has 0 atom stereocenters. The van der Waals surface area contributed by atoms with Gasteiger partial charge in [0.15, 0.2) is 10.7 Å². The molecule has 0 saturated carbocycles. The van der Waals surface area contributed by atoms with E-state index in [-0.39, 0.29) is 23.5 Å². The highest BCUT2D eigenvalue weighted by atomic mass is 32.2. The summed E-state index contributed by atoms with van der Waals surface area (Å²) in [5.41, 5.74) is 2.77. The predicted molar refractivity (Wildman–Crippen MR) is 122 cm³/mol. The van der Waals surface area contributed by atoms with Crippen LogP contribution in [0, 0.1) is 22.9 Å². The molecule has 2 aromatic carbocycles. The minimum absolute atomic E-state index is 0.00803. The molecule has 1 spiro atoms. The molecule has 180 valence electrons. The average Bonchev–Trinajstić information content (AvgIpc) is 3.19. The molecule has 3 aromatic rings. The summed E-state index contributed by atoms with van der Waals surface area (Å²) >= 11 is 1.13. The molecule has 5 rings (SSSR count). The molecular formula is C22H21F3N4O3S2. The first-order valence-electron chi connectivity index (χ1n) is 10.5. The highest BCUT2D eigenvalue weighted by Gasteiger charge is 2.48. The minimum Gasteiger partial charge on any atom is -0.381 e. The number of nitrogens with zero attached hydrogens (tertiary/aromatic N) is 2. The van der Waals surface area contributed by atoms with Crippen LogP contribution in [0.5, 0.6) is 0 Å². The lowest BCUT2D eigenvalue weighted by Gasteiger charge is -2.55. The smallest absolute Gasteiger partial charge is 0.268 e. The van der Waals surface area contributed by atoms with E-state index in [2.05, 4.69) is 15.2 Å². The number of hydrogen-bond donors (Lipinski definition) is 2. The van der Waals surface area contributed by atoms with Gasteiger partial charge in [0.1, 0.15) is 17.5 Å². The Hall–Kier alpha value is -2.67. The number of thiazole rings is 1. The maximum Gasteiger partial charge on any atom is 0.268 e. The summed E-state index contributed by atoms with van der Waals surface area (Å²) in [6.07, 6.45) is 0. The summed E-state index contributed by atoms with van der Waals surface area (Å²) < 4.78 is 76.1. The van der Waals surface area contributed by atoms with Crippen LogP contribution in [0.3, 0.4) is 0 Å². The van der Waals surface area contributed by atoms with Crippen molar-refractivity contribution in [1.29, 1.82) is 0 Å². The first-order valence-corrected chi connectivity index (χ1v) is 12.9. The topological polar surface area (TPSA) is 83.6 Å². The quantitative estimate of drug-likeness (QED) is 0.480. The van der Waals surface area contributed by atoms with Gasteiger partial charge in [-0.15, -0.1) is 11.3 Å². The monoisotopic (exact) mass is 510 g/mol. The number of sulfonamides is 1. The van der Waals surface area contributed by atoms with E-state index in [0.29, 0.717) is 12.1 Å². The maximum atomic E-state index is 14.6. The molecule has 0 radical (unpaired) electrons. The number of nitrogens with one attached hydrogen (secondary N) is 2. The van der Waals surface area contributed by atoms with Crippen molar-refractivity contribution >= 4 is 32.9 Å². The van der Waals surface area contributed by atoms with E-state index in [1.54, 1.807) is 6.07 Å². The summed E-state index contributed by atoms with van der Waals surface area (Å²) in [6, 6.07) is 6.52. The van der Waals surface area contributed by atoms with E-state index in [4.69, 9.17) is 4.74 Å². The van der Waals surface area contributed by atoms with Gasteiger partial charge in [0.25, 0.3) is 10.0 Å². The van der Waals surface area contributed by atoms with Crippen molar-refractivity contribution in [3.63, 3.8) is 0 Å². The van der Waals surface area contributed by atoms with E-state index in [1.807, 2.05) is 10.8 Å². The second-order valence-electron chi connectivity index (χ2n) is 8.62. The Labute approximate surface area is 198 Å². The average molecular weight is 511 g/mol. The van der Waals surface area contributed by atoms with Crippen molar-refractivity contribution in [1.82, 2.24) is 9.88 Å².